The molecule has 0 aromatic heterocycles. The molecule has 0 N–H and O–H groups in total. The highest BCUT2D eigenvalue weighted by Crippen LogP contribution is 2.44. The Morgan fingerprint density at radius 2 is 2.04 bits per heavy atom. The number of benzene rings is 1. The first kappa shape index (κ1) is 17.7. The number of amides is 2. The minimum absolute atomic E-state index is 0.0324. The van der Waals surface area contributed by atoms with Crippen molar-refractivity contribution < 1.29 is 14.3 Å². The van der Waals surface area contributed by atoms with Gasteiger partial charge in [-0.15, -0.1) is 0 Å². The van der Waals surface area contributed by atoms with E-state index in [9.17, 15) is 9.59 Å². The molecule has 0 radical (unpaired) electrons. The first-order valence-corrected chi connectivity index (χ1v) is 10.1. The van der Waals surface area contributed by atoms with E-state index in [-0.39, 0.29) is 17.9 Å². The maximum atomic E-state index is 13.1. The summed E-state index contributed by atoms with van der Waals surface area (Å²) in [6, 6.07) is 7.66. The molecule has 3 heterocycles. The highest BCUT2D eigenvalue weighted by molar-refractivity contribution is 8.26. The zero-order valence-corrected chi connectivity index (χ0v) is 16.2. The van der Waals surface area contributed by atoms with Gasteiger partial charge in [-0.3, -0.25) is 14.5 Å². The summed E-state index contributed by atoms with van der Waals surface area (Å²) in [4.78, 5) is 29.9. The van der Waals surface area contributed by atoms with E-state index in [1.165, 1.54) is 11.8 Å². The Balaban J connectivity index is 1.71. The lowest BCUT2D eigenvalue weighted by molar-refractivity contribution is -0.123. The van der Waals surface area contributed by atoms with Crippen LogP contribution in [0, 0.1) is 0 Å². The zero-order chi connectivity index (χ0) is 18.3. The fourth-order valence-corrected chi connectivity index (χ4v) is 4.99. The van der Waals surface area contributed by atoms with Crippen molar-refractivity contribution in [3.8, 4) is 0 Å². The molecule has 2 saturated heterocycles. The monoisotopic (exact) mass is 388 g/mol. The van der Waals surface area contributed by atoms with Crippen LogP contribution in [0.3, 0.4) is 0 Å². The number of thioether (sulfide) groups is 1. The van der Waals surface area contributed by atoms with E-state index in [2.05, 4.69) is 0 Å². The van der Waals surface area contributed by atoms with Crippen molar-refractivity contribution in [2.24, 2.45) is 0 Å². The van der Waals surface area contributed by atoms with Crippen LogP contribution in [0.4, 0.5) is 5.69 Å². The maximum Gasteiger partial charge on any atom is 0.267 e. The zero-order valence-electron chi connectivity index (χ0n) is 14.6. The molecule has 2 amide bonds. The number of anilines is 1. The van der Waals surface area contributed by atoms with Gasteiger partial charge in [0.05, 0.1) is 28.8 Å². The summed E-state index contributed by atoms with van der Waals surface area (Å²) in [5, 5.41) is 0. The second-order valence-corrected chi connectivity index (χ2v) is 8.24. The van der Waals surface area contributed by atoms with E-state index < -0.39 is 0 Å². The van der Waals surface area contributed by atoms with Crippen molar-refractivity contribution in [3.63, 3.8) is 0 Å². The van der Waals surface area contributed by atoms with E-state index in [4.69, 9.17) is 17.0 Å². The summed E-state index contributed by atoms with van der Waals surface area (Å²) in [5.74, 6) is -0.280. The molecule has 1 unspecified atom stereocenters. The predicted octanol–water partition coefficient (Wildman–Crippen LogP) is 3.19. The summed E-state index contributed by atoms with van der Waals surface area (Å²) in [7, 11) is 0. The third kappa shape index (κ3) is 2.88. The molecule has 3 aliphatic rings. The quantitative estimate of drug-likeness (QED) is 0.586. The summed E-state index contributed by atoms with van der Waals surface area (Å²) < 4.78 is 6.15. The molecule has 1 aromatic carbocycles. The van der Waals surface area contributed by atoms with Crippen LogP contribution in [0.5, 0.6) is 0 Å². The molecular formula is C19H20N2O3S2. The summed E-state index contributed by atoms with van der Waals surface area (Å²) in [6.07, 6.45) is 2.84. The highest BCUT2D eigenvalue weighted by Gasteiger charge is 2.42. The SMILES string of the molecule is CCCN1C(=O)C(=C2SC(=S)N(CC3CCCO3)C2=O)c2ccccc21. The number of ether oxygens (including phenoxy) is 1. The van der Waals surface area contributed by atoms with E-state index in [1.54, 1.807) is 9.80 Å². The van der Waals surface area contributed by atoms with Crippen LogP contribution in [0.1, 0.15) is 31.7 Å². The van der Waals surface area contributed by atoms with Gasteiger partial charge in [0.2, 0.25) is 0 Å². The normalized spacial score (nSPS) is 25.6. The number of nitrogens with zero attached hydrogens (tertiary/aromatic N) is 2. The number of carbonyl (C=O) groups is 2. The third-order valence-electron chi connectivity index (χ3n) is 4.86. The Kier molecular flexibility index (Phi) is 4.86. The fraction of sp³-hybridized carbons (Fsp3) is 0.421. The van der Waals surface area contributed by atoms with E-state index in [0.717, 1.165) is 37.1 Å². The molecule has 0 saturated carbocycles. The van der Waals surface area contributed by atoms with E-state index in [0.29, 0.717) is 27.9 Å². The lowest BCUT2D eigenvalue weighted by Crippen LogP contribution is -2.35. The van der Waals surface area contributed by atoms with Crippen molar-refractivity contribution in [2.45, 2.75) is 32.3 Å². The average molecular weight is 389 g/mol. The van der Waals surface area contributed by atoms with E-state index >= 15 is 0 Å². The minimum Gasteiger partial charge on any atom is -0.376 e. The molecule has 5 nitrogen and oxygen atoms in total. The van der Waals surface area contributed by atoms with Gasteiger partial charge in [0.25, 0.3) is 11.8 Å². The van der Waals surface area contributed by atoms with Crippen molar-refractivity contribution in [2.75, 3.05) is 24.6 Å². The van der Waals surface area contributed by atoms with Gasteiger partial charge in [-0.25, -0.2) is 0 Å². The molecule has 0 bridgehead atoms. The lowest BCUT2D eigenvalue weighted by atomic mass is 10.1. The van der Waals surface area contributed by atoms with Gasteiger partial charge in [-0.2, -0.15) is 0 Å². The number of hydrogen-bond donors (Lipinski definition) is 0. The Labute approximate surface area is 162 Å². The van der Waals surface area contributed by atoms with Gasteiger partial charge in [0.15, 0.2) is 0 Å². The van der Waals surface area contributed by atoms with Crippen LogP contribution in [-0.4, -0.2) is 46.8 Å². The molecule has 26 heavy (non-hydrogen) atoms. The largest absolute Gasteiger partial charge is 0.376 e. The fourth-order valence-electron chi connectivity index (χ4n) is 3.64. The van der Waals surface area contributed by atoms with Gasteiger partial charge < -0.3 is 9.64 Å². The summed E-state index contributed by atoms with van der Waals surface area (Å²) >= 11 is 6.67. The van der Waals surface area contributed by atoms with Gasteiger partial charge in [0.1, 0.15) is 4.32 Å². The predicted molar refractivity (Wildman–Crippen MR) is 107 cm³/mol. The topological polar surface area (TPSA) is 49.9 Å². The van der Waals surface area contributed by atoms with Crippen molar-refractivity contribution >= 4 is 51.4 Å². The summed E-state index contributed by atoms with van der Waals surface area (Å²) in [6.45, 7) is 3.87. The molecule has 3 aliphatic heterocycles. The smallest absolute Gasteiger partial charge is 0.267 e. The van der Waals surface area contributed by atoms with Crippen LogP contribution in [0.15, 0.2) is 29.2 Å². The van der Waals surface area contributed by atoms with Gasteiger partial charge >= 0.3 is 0 Å². The molecule has 0 aliphatic carbocycles. The summed E-state index contributed by atoms with van der Waals surface area (Å²) in [5.41, 5.74) is 2.18. The van der Waals surface area contributed by atoms with Crippen molar-refractivity contribution in [1.82, 2.24) is 4.90 Å². The van der Waals surface area contributed by atoms with E-state index in [1.807, 2.05) is 31.2 Å². The lowest BCUT2D eigenvalue weighted by Gasteiger charge is -2.18. The van der Waals surface area contributed by atoms with Crippen LogP contribution < -0.4 is 4.90 Å². The van der Waals surface area contributed by atoms with Crippen LogP contribution >= 0.6 is 24.0 Å². The molecule has 136 valence electrons. The third-order valence-corrected chi connectivity index (χ3v) is 6.31. The first-order valence-electron chi connectivity index (χ1n) is 8.92. The Hall–Kier alpha value is -1.70. The average Bonchev–Trinajstić information content (AvgIpc) is 3.31. The van der Waals surface area contributed by atoms with Gasteiger partial charge in [0, 0.05) is 18.7 Å². The number of rotatable bonds is 4. The number of para-hydroxylation sites is 1. The van der Waals surface area contributed by atoms with Crippen LogP contribution in [0.25, 0.3) is 5.57 Å². The number of fused-ring (bicyclic) bond motifs is 1. The maximum absolute atomic E-state index is 13.1. The van der Waals surface area contributed by atoms with Gasteiger partial charge in [-0.05, 0) is 25.3 Å². The standard InChI is InChI=1S/C19H20N2O3S2/c1-2-9-20-14-8-4-3-7-13(14)15(17(20)22)16-18(23)21(19(25)26-16)11-12-6-5-10-24-12/h3-4,7-8,12H,2,5-6,9-11H2,1H3. The van der Waals surface area contributed by atoms with Crippen molar-refractivity contribution in [1.29, 1.82) is 0 Å². The Morgan fingerprint density at radius 3 is 2.77 bits per heavy atom. The Bertz CT molecular complexity index is 815. The molecule has 1 aromatic rings. The number of thiocarbonyl (C=S) groups is 1. The molecular weight excluding hydrogens is 368 g/mol. The second kappa shape index (κ2) is 7.13. The first-order chi connectivity index (χ1) is 12.6. The molecule has 2 fully saturated rings. The highest BCUT2D eigenvalue weighted by atomic mass is 32.2. The number of hydrogen-bond acceptors (Lipinski definition) is 5. The number of carbonyl (C=O) groups excluding carboxylic acids is 2. The second-order valence-electron chi connectivity index (χ2n) is 6.60. The van der Waals surface area contributed by atoms with Gasteiger partial charge in [-0.1, -0.05) is 49.1 Å². The molecule has 4 rings (SSSR count). The van der Waals surface area contributed by atoms with Crippen LogP contribution in [-0.2, 0) is 14.3 Å². The van der Waals surface area contributed by atoms with Crippen molar-refractivity contribution in [3.05, 3.63) is 34.7 Å². The van der Waals surface area contributed by atoms with Crippen LogP contribution in [0.2, 0.25) is 0 Å². The molecule has 1 atom stereocenters. The molecule has 7 heteroatoms. The molecule has 0 spiro atoms. The minimum atomic E-state index is -0.174. The Morgan fingerprint density at radius 1 is 1.23 bits per heavy atom.